The van der Waals surface area contributed by atoms with Crippen molar-refractivity contribution in [2.75, 3.05) is 7.11 Å². The Morgan fingerprint density at radius 1 is 1.39 bits per heavy atom. The quantitative estimate of drug-likeness (QED) is 0.648. The summed E-state index contributed by atoms with van der Waals surface area (Å²) in [6, 6.07) is 7.85. The molecule has 9 heteroatoms. The molecule has 0 aliphatic carbocycles. The van der Waals surface area contributed by atoms with E-state index in [0.717, 1.165) is 6.07 Å². The van der Waals surface area contributed by atoms with Gasteiger partial charge < -0.3 is 15.2 Å². The lowest BCUT2D eigenvalue weighted by molar-refractivity contribution is -0.385. The molecule has 0 bridgehead atoms. The average molecular weight is 311 g/mol. The number of ether oxygens (including phenoxy) is 2. The summed E-state index contributed by atoms with van der Waals surface area (Å²) in [6.07, 6.45) is 0. The van der Waals surface area contributed by atoms with Crippen molar-refractivity contribution >= 4 is 5.69 Å². The summed E-state index contributed by atoms with van der Waals surface area (Å²) < 4.78 is 10.2. The number of nitro benzene ring substituents is 1. The second-order valence-electron chi connectivity index (χ2n) is 4.53. The summed E-state index contributed by atoms with van der Waals surface area (Å²) in [5.41, 5.74) is 5.22. The number of nitrogens with two attached hydrogens (primary N) is 1. The van der Waals surface area contributed by atoms with Crippen LogP contribution in [0, 0.1) is 50.0 Å². The van der Waals surface area contributed by atoms with Gasteiger partial charge in [0, 0.05) is 5.56 Å². The summed E-state index contributed by atoms with van der Waals surface area (Å²) in [5, 5.41) is 38.8. The molecule has 9 nitrogen and oxygen atoms in total. The van der Waals surface area contributed by atoms with Crippen LogP contribution in [0.4, 0.5) is 5.69 Å². The zero-order valence-electron chi connectivity index (χ0n) is 11.8. The van der Waals surface area contributed by atoms with E-state index >= 15 is 0 Å². The number of benzene rings is 1. The molecular formula is C14H9N5O4. The SMILES string of the molecule is COc1cc2c(c([N+](=O)[O-])c1)OC(N)=C(C#N)C2C(C#N)C#N. The molecule has 0 radical (unpaired) electrons. The Morgan fingerprint density at radius 3 is 2.52 bits per heavy atom. The lowest BCUT2D eigenvalue weighted by atomic mass is 9.80. The van der Waals surface area contributed by atoms with Crippen molar-refractivity contribution in [3.63, 3.8) is 0 Å². The molecule has 0 aromatic heterocycles. The Kier molecular flexibility index (Phi) is 4.02. The predicted molar refractivity (Wildman–Crippen MR) is 74.6 cm³/mol. The van der Waals surface area contributed by atoms with E-state index in [0.29, 0.717) is 0 Å². The van der Waals surface area contributed by atoms with Crippen LogP contribution in [0.25, 0.3) is 0 Å². The fraction of sp³-hybridized carbons (Fsp3) is 0.214. The van der Waals surface area contributed by atoms with Gasteiger partial charge in [0.25, 0.3) is 0 Å². The summed E-state index contributed by atoms with van der Waals surface area (Å²) in [5.74, 6) is -2.76. The third-order valence-corrected chi connectivity index (χ3v) is 3.36. The van der Waals surface area contributed by atoms with E-state index in [1.807, 2.05) is 0 Å². The molecule has 1 atom stereocenters. The predicted octanol–water partition coefficient (Wildman–Crippen LogP) is 1.44. The Bertz CT molecular complexity index is 826. The second-order valence-corrected chi connectivity index (χ2v) is 4.53. The number of allylic oxidation sites excluding steroid dienone is 1. The normalized spacial score (nSPS) is 15.7. The molecule has 1 aromatic carbocycles. The standard InChI is InChI=1S/C14H9N5O4/c1-22-8-2-9-12(7(4-15)5-16)10(6-17)14(18)23-13(9)11(3-8)19(20)21/h2-3,7,12H,18H2,1H3. The number of hydrogen-bond acceptors (Lipinski definition) is 8. The molecule has 0 saturated heterocycles. The van der Waals surface area contributed by atoms with Crippen LogP contribution in [0.3, 0.4) is 0 Å². The van der Waals surface area contributed by atoms with E-state index < -0.39 is 22.4 Å². The first-order valence-corrected chi connectivity index (χ1v) is 6.21. The molecule has 1 unspecified atom stereocenters. The average Bonchev–Trinajstić information content (AvgIpc) is 2.54. The van der Waals surface area contributed by atoms with E-state index in [2.05, 4.69) is 0 Å². The number of methoxy groups -OCH3 is 1. The Morgan fingerprint density at radius 2 is 2.04 bits per heavy atom. The Labute approximate surface area is 130 Å². The molecular weight excluding hydrogens is 302 g/mol. The van der Waals surface area contributed by atoms with Gasteiger partial charge in [0.15, 0.2) is 0 Å². The van der Waals surface area contributed by atoms with Crippen LogP contribution in [-0.4, -0.2) is 12.0 Å². The molecule has 0 spiro atoms. The topological polar surface area (TPSA) is 159 Å². The van der Waals surface area contributed by atoms with Gasteiger partial charge in [-0.15, -0.1) is 0 Å². The van der Waals surface area contributed by atoms with Crippen molar-refractivity contribution in [2.24, 2.45) is 11.7 Å². The second kappa shape index (κ2) is 5.92. The van der Waals surface area contributed by atoms with Crippen LogP contribution in [0.2, 0.25) is 0 Å². The lowest BCUT2D eigenvalue weighted by Crippen LogP contribution is -2.24. The van der Waals surface area contributed by atoms with Gasteiger partial charge in [-0.3, -0.25) is 10.1 Å². The van der Waals surface area contributed by atoms with Crippen molar-refractivity contribution in [3.8, 4) is 29.7 Å². The summed E-state index contributed by atoms with van der Waals surface area (Å²) in [4.78, 5) is 10.5. The first kappa shape index (κ1) is 15.6. The zero-order chi connectivity index (χ0) is 17.1. The highest BCUT2D eigenvalue weighted by atomic mass is 16.6. The third-order valence-electron chi connectivity index (χ3n) is 3.36. The maximum absolute atomic E-state index is 11.2. The number of hydrogen-bond donors (Lipinski definition) is 1. The molecule has 23 heavy (non-hydrogen) atoms. The van der Waals surface area contributed by atoms with Crippen LogP contribution in [0.5, 0.6) is 11.5 Å². The maximum atomic E-state index is 11.2. The van der Waals surface area contributed by atoms with Crippen LogP contribution in [0.1, 0.15) is 11.5 Å². The zero-order valence-corrected chi connectivity index (χ0v) is 11.8. The highest BCUT2D eigenvalue weighted by Gasteiger charge is 2.39. The van der Waals surface area contributed by atoms with Gasteiger partial charge in [-0.25, -0.2) is 0 Å². The fourth-order valence-corrected chi connectivity index (χ4v) is 2.33. The summed E-state index contributed by atoms with van der Waals surface area (Å²) >= 11 is 0. The van der Waals surface area contributed by atoms with Gasteiger partial charge in [-0.05, 0) is 6.07 Å². The minimum Gasteiger partial charge on any atom is -0.496 e. The van der Waals surface area contributed by atoms with E-state index in [4.69, 9.17) is 25.7 Å². The first-order valence-electron chi connectivity index (χ1n) is 6.21. The smallest absolute Gasteiger partial charge is 0.315 e. The number of fused-ring (bicyclic) bond motifs is 1. The van der Waals surface area contributed by atoms with Crippen LogP contribution in [-0.2, 0) is 0 Å². The van der Waals surface area contributed by atoms with Crippen molar-refractivity contribution in [2.45, 2.75) is 5.92 Å². The first-order chi connectivity index (χ1) is 11.0. The number of nitriles is 3. The molecule has 1 heterocycles. The molecule has 114 valence electrons. The molecule has 0 fully saturated rings. The third kappa shape index (κ3) is 2.45. The van der Waals surface area contributed by atoms with Gasteiger partial charge in [-0.1, -0.05) is 0 Å². The molecule has 2 N–H and O–H groups in total. The van der Waals surface area contributed by atoms with Gasteiger partial charge in [0.05, 0.1) is 41.7 Å². The number of nitro groups is 1. The lowest BCUT2D eigenvalue weighted by Gasteiger charge is -2.26. The molecule has 2 rings (SSSR count). The van der Waals surface area contributed by atoms with Crippen LogP contribution in [0.15, 0.2) is 23.6 Å². The fourth-order valence-electron chi connectivity index (χ4n) is 2.33. The van der Waals surface area contributed by atoms with E-state index in [1.54, 1.807) is 18.2 Å². The summed E-state index contributed by atoms with van der Waals surface area (Å²) in [6.45, 7) is 0. The summed E-state index contributed by atoms with van der Waals surface area (Å²) in [7, 11) is 1.31. The van der Waals surface area contributed by atoms with Gasteiger partial charge in [0.2, 0.25) is 11.6 Å². The van der Waals surface area contributed by atoms with E-state index in [1.165, 1.54) is 13.2 Å². The van der Waals surface area contributed by atoms with Crippen LogP contribution < -0.4 is 15.2 Å². The van der Waals surface area contributed by atoms with Crippen molar-refractivity contribution < 1.29 is 14.4 Å². The Balaban J connectivity index is 2.83. The minimum absolute atomic E-state index is 0.131. The monoisotopic (exact) mass is 311 g/mol. The molecule has 1 aliphatic rings. The van der Waals surface area contributed by atoms with E-state index in [9.17, 15) is 15.4 Å². The van der Waals surface area contributed by atoms with Crippen molar-refractivity contribution in [1.82, 2.24) is 0 Å². The highest BCUT2D eigenvalue weighted by molar-refractivity contribution is 5.63. The van der Waals surface area contributed by atoms with Crippen molar-refractivity contribution in [1.29, 1.82) is 15.8 Å². The van der Waals surface area contributed by atoms with Gasteiger partial charge >= 0.3 is 5.69 Å². The maximum Gasteiger partial charge on any atom is 0.315 e. The Hall–Kier alpha value is -3.77. The number of nitrogens with zero attached hydrogens (tertiary/aromatic N) is 4. The molecule has 0 saturated carbocycles. The molecule has 1 aliphatic heterocycles. The van der Waals surface area contributed by atoms with Gasteiger partial charge in [-0.2, -0.15) is 15.8 Å². The molecule has 1 aromatic rings. The van der Waals surface area contributed by atoms with E-state index in [-0.39, 0.29) is 28.5 Å². The minimum atomic E-state index is -1.27. The highest BCUT2D eigenvalue weighted by Crippen LogP contribution is 2.48. The molecule has 0 amide bonds. The number of rotatable bonds is 3. The largest absolute Gasteiger partial charge is 0.496 e. The van der Waals surface area contributed by atoms with Gasteiger partial charge in [0.1, 0.15) is 17.7 Å². The van der Waals surface area contributed by atoms with Crippen molar-refractivity contribution in [3.05, 3.63) is 39.3 Å². The van der Waals surface area contributed by atoms with Crippen LogP contribution >= 0.6 is 0 Å².